The number of hydrogen-bond acceptors (Lipinski definition) is 8. The smallest absolute Gasteiger partial charge is 0.224 e. The Balaban J connectivity index is 2.04. The lowest BCUT2D eigenvalue weighted by Crippen LogP contribution is -2.09. The SMILES string of the molecule is C\C=C/C(C=O)=C\C=C\NCc1cnc2nc(N)nc(N)c2n1. The van der Waals surface area contributed by atoms with Gasteiger partial charge in [-0.3, -0.25) is 4.79 Å². The minimum Gasteiger partial charge on any atom is -0.385 e. The summed E-state index contributed by atoms with van der Waals surface area (Å²) in [5, 5.41) is 3.04. The van der Waals surface area contributed by atoms with Crippen LogP contribution in [0, 0.1) is 0 Å². The van der Waals surface area contributed by atoms with Crippen molar-refractivity contribution in [2.75, 3.05) is 11.5 Å². The van der Waals surface area contributed by atoms with E-state index in [2.05, 4.69) is 25.3 Å². The zero-order chi connectivity index (χ0) is 16.7. The van der Waals surface area contributed by atoms with Crippen molar-refractivity contribution in [2.24, 2.45) is 0 Å². The van der Waals surface area contributed by atoms with Gasteiger partial charge in [0.05, 0.1) is 18.4 Å². The summed E-state index contributed by atoms with van der Waals surface area (Å²) in [5.74, 6) is 0.263. The van der Waals surface area contributed by atoms with Gasteiger partial charge >= 0.3 is 0 Å². The summed E-state index contributed by atoms with van der Waals surface area (Å²) in [6.45, 7) is 2.29. The van der Waals surface area contributed by atoms with Gasteiger partial charge in [-0.25, -0.2) is 9.97 Å². The molecule has 0 saturated heterocycles. The number of carbonyl (C=O) groups is 1. The second kappa shape index (κ2) is 7.64. The molecule has 0 aliphatic heterocycles. The number of nitrogens with two attached hydrogens (primary N) is 2. The van der Waals surface area contributed by atoms with Gasteiger partial charge in [0.1, 0.15) is 6.29 Å². The molecule has 0 bridgehead atoms. The van der Waals surface area contributed by atoms with Crippen LogP contribution in [0.25, 0.3) is 11.2 Å². The van der Waals surface area contributed by atoms with Crippen LogP contribution in [-0.2, 0) is 11.3 Å². The molecule has 0 radical (unpaired) electrons. The average Bonchev–Trinajstić information content (AvgIpc) is 2.53. The van der Waals surface area contributed by atoms with Gasteiger partial charge in [0.15, 0.2) is 17.0 Å². The molecule has 0 saturated carbocycles. The number of anilines is 2. The zero-order valence-electron chi connectivity index (χ0n) is 12.6. The molecule has 2 rings (SSSR count). The Labute approximate surface area is 133 Å². The summed E-state index contributed by atoms with van der Waals surface area (Å²) >= 11 is 0. The maximum atomic E-state index is 10.7. The standard InChI is InChI=1S/C15H17N7O/c1-2-4-10(9-23)5-3-6-18-7-11-8-19-14-12(20-11)13(16)21-15(17)22-14/h2-6,8-9,18H,7H2,1H3,(H4,16,17,19,21,22)/b4-2-,6-3+,10-5+. The highest BCUT2D eigenvalue weighted by Gasteiger charge is 2.06. The van der Waals surface area contributed by atoms with Gasteiger partial charge in [-0.15, -0.1) is 0 Å². The first-order valence-electron chi connectivity index (χ1n) is 6.86. The van der Waals surface area contributed by atoms with Crippen molar-refractivity contribution >= 4 is 29.2 Å². The fourth-order valence-electron chi connectivity index (χ4n) is 1.79. The number of aromatic nitrogens is 4. The lowest BCUT2D eigenvalue weighted by atomic mass is 10.2. The monoisotopic (exact) mass is 311 g/mol. The summed E-state index contributed by atoms with van der Waals surface area (Å²) in [7, 11) is 0. The molecule has 2 aromatic heterocycles. The molecule has 23 heavy (non-hydrogen) atoms. The van der Waals surface area contributed by atoms with Gasteiger partial charge in [-0.05, 0) is 19.2 Å². The molecule has 2 aromatic rings. The largest absolute Gasteiger partial charge is 0.385 e. The fourth-order valence-corrected chi connectivity index (χ4v) is 1.79. The first-order valence-corrected chi connectivity index (χ1v) is 6.86. The molecule has 0 fully saturated rings. The third-order valence-corrected chi connectivity index (χ3v) is 2.78. The van der Waals surface area contributed by atoms with E-state index in [1.165, 1.54) is 0 Å². The van der Waals surface area contributed by atoms with E-state index in [9.17, 15) is 4.79 Å². The normalized spacial score (nSPS) is 12.3. The highest BCUT2D eigenvalue weighted by atomic mass is 16.1. The second-order valence-electron chi connectivity index (χ2n) is 4.53. The van der Waals surface area contributed by atoms with Crippen LogP contribution < -0.4 is 16.8 Å². The Kier molecular flexibility index (Phi) is 5.35. The van der Waals surface area contributed by atoms with E-state index in [1.807, 2.05) is 6.92 Å². The van der Waals surface area contributed by atoms with Crippen LogP contribution in [0.15, 0.2) is 42.3 Å². The van der Waals surface area contributed by atoms with E-state index < -0.39 is 0 Å². The van der Waals surface area contributed by atoms with Crippen LogP contribution in [0.3, 0.4) is 0 Å². The minimum absolute atomic E-state index is 0.0667. The highest BCUT2D eigenvalue weighted by molar-refractivity contribution is 5.81. The van der Waals surface area contributed by atoms with Crippen molar-refractivity contribution in [1.29, 1.82) is 0 Å². The Morgan fingerprint density at radius 2 is 2.13 bits per heavy atom. The van der Waals surface area contributed by atoms with Crippen LogP contribution in [0.4, 0.5) is 11.8 Å². The van der Waals surface area contributed by atoms with Crippen LogP contribution >= 0.6 is 0 Å². The van der Waals surface area contributed by atoms with Crippen molar-refractivity contribution in [3.05, 3.63) is 48.0 Å². The second-order valence-corrected chi connectivity index (χ2v) is 4.53. The van der Waals surface area contributed by atoms with Gasteiger partial charge in [-0.2, -0.15) is 9.97 Å². The molecule has 0 aromatic carbocycles. The summed E-state index contributed by atoms with van der Waals surface area (Å²) < 4.78 is 0. The molecule has 0 atom stereocenters. The van der Waals surface area contributed by atoms with E-state index in [0.717, 1.165) is 6.29 Å². The van der Waals surface area contributed by atoms with E-state index in [-0.39, 0.29) is 11.8 Å². The molecule has 2 heterocycles. The van der Waals surface area contributed by atoms with Crippen molar-refractivity contribution in [3.63, 3.8) is 0 Å². The zero-order valence-corrected chi connectivity index (χ0v) is 12.6. The van der Waals surface area contributed by atoms with Crippen molar-refractivity contribution in [2.45, 2.75) is 13.5 Å². The third kappa shape index (κ3) is 4.34. The molecule has 0 aliphatic rings. The molecular formula is C15H17N7O. The topological polar surface area (TPSA) is 133 Å². The Hall–Kier alpha value is -3.29. The molecule has 8 nitrogen and oxygen atoms in total. The number of nitrogen functional groups attached to an aromatic ring is 2. The average molecular weight is 311 g/mol. The number of fused-ring (bicyclic) bond motifs is 1. The van der Waals surface area contributed by atoms with Crippen molar-refractivity contribution < 1.29 is 4.79 Å². The number of allylic oxidation sites excluding steroid dienone is 5. The lowest BCUT2D eigenvalue weighted by molar-refractivity contribution is -0.104. The maximum absolute atomic E-state index is 10.7. The molecule has 0 unspecified atom stereocenters. The Morgan fingerprint density at radius 3 is 2.87 bits per heavy atom. The van der Waals surface area contributed by atoms with Crippen LogP contribution in [-0.4, -0.2) is 26.2 Å². The lowest BCUT2D eigenvalue weighted by Gasteiger charge is -2.04. The van der Waals surface area contributed by atoms with Crippen molar-refractivity contribution in [1.82, 2.24) is 25.3 Å². The first-order chi connectivity index (χ1) is 11.1. The summed E-state index contributed by atoms with van der Waals surface area (Å²) in [6.07, 6.45) is 11.0. The van der Waals surface area contributed by atoms with Crippen LogP contribution in [0.1, 0.15) is 12.6 Å². The van der Waals surface area contributed by atoms with Crippen LogP contribution in [0.5, 0.6) is 0 Å². The van der Waals surface area contributed by atoms with Crippen LogP contribution in [0.2, 0.25) is 0 Å². The van der Waals surface area contributed by atoms with Crippen molar-refractivity contribution in [3.8, 4) is 0 Å². The van der Waals surface area contributed by atoms with E-state index in [1.54, 1.807) is 36.7 Å². The molecule has 0 aliphatic carbocycles. The number of carbonyl (C=O) groups excluding carboxylic acids is 1. The Bertz CT molecular complexity index is 796. The number of rotatable bonds is 6. The van der Waals surface area contributed by atoms with E-state index >= 15 is 0 Å². The quantitative estimate of drug-likeness (QED) is 0.407. The fraction of sp³-hybridized carbons (Fsp3) is 0.133. The van der Waals surface area contributed by atoms with E-state index in [4.69, 9.17) is 11.5 Å². The molecule has 0 amide bonds. The summed E-state index contributed by atoms with van der Waals surface area (Å²) in [5.41, 5.74) is 13.3. The predicted octanol–water partition coefficient (Wildman–Crippen LogP) is 0.889. The highest BCUT2D eigenvalue weighted by Crippen LogP contribution is 2.14. The van der Waals surface area contributed by atoms with Gasteiger partial charge in [0.2, 0.25) is 5.95 Å². The summed E-state index contributed by atoms with van der Waals surface area (Å²) in [6, 6.07) is 0. The minimum atomic E-state index is 0.0667. The van der Waals surface area contributed by atoms with E-state index in [0.29, 0.717) is 29.0 Å². The van der Waals surface area contributed by atoms with Gasteiger partial charge in [0, 0.05) is 5.57 Å². The predicted molar refractivity (Wildman–Crippen MR) is 88.9 cm³/mol. The molecule has 0 spiro atoms. The molecular weight excluding hydrogens is 294 g/mol. The van der Waals surface area contributed by atoms with Gasteiger partial charge < -0.3 is 16.8 Å². The number of hydrogen-bond donors (Lipinski definition) is 3. The van der Waals surface area contributed by atoms with Gasteiger partial charge in [-0.1, -0.05) is 18.2 Å². The summed E-state index contributed by atoms with van der Waals surface area (Å²) in [4.78, 5) is 27.1. The molecule has 8 heteroatoms. The number of aldehydes is 1. The molecule has 118 valence electrons. The number of nitrogens with zero attached hydrogens (tertiary/aromatic N) is 4. The first kappa shape index (κ1) is 16.1. The maximum Gasteiger partial charge on any atom is 0.224 e. The third-order valence-electron chi connectivity index (χ3n) is 2.78. The Morgan fingerprint density at radius 1 is 1.30 bits per heavy atom. The molecule has 5 N–H and O–H groups in total. The van der Waals surface area contributed by atoms with Gasteiger partial charge in [0.25, 0.3) is 0 Å². The number of nitrogens with one attached hydrogen (secondary N) is 1.